The van der Waals surface area contributed by atoms with Gasteiger partial charge in [-0.2, -0.15) is 0 Å². The first kappa shape index (κ1) is 15.6. The van der Waals surface area contributed by atoms with Crippen LogP contribution < -0.4 is 0 Å². The van der Waals surface area contributed by atoms with Gasteiger partial charge in [-0.05, 0) is 43.2 Å². The molecule has 2 nitrogen and oxygen atoms in total. The molecule has 1 aliphatic rings. The maximum Gasteiger partial charge on any atom is 0.0561 e. The number of aromatic amines is 1. The van der Waals surface area contributed by atoms with E-state index in [-0.39, 0.29) is 16.4 Å². The molecule has 0 aromatic carbocycles. The monoisotopic (exact) mass is 276 g/mol. The van der Waals surface area contributed by atoms with Gasteiger partial charge in [-0.3, -0.25) is 4.90 Å². The van der Waals surface area contributed by atoms with Gasteiger partial charge in [-0.25, -0.2) is 0 Å². The molecule has 0 saturated carbocycles. The summed E-state index contributed by atoms with van der Waals surface area (Å²) in [4.78, 5) is 6.27. The predicted octanol–water partition coefficient (Wildman–Crippen LogP) is 5.30. The van der Waals surface area contributed by atoms with Crippen LogP contribution in [-0.2, 0) is 0 Å². The lowest BCUT2D eigenvalue weighted by Crippen LogP contribution is -2.49. The van der Waals surface area contributed by atoms with Crippen molar-refractivity contribution in [2.75, 3.05) is 0 Å². The number of aromatic nitrogens is 1. The number of rotatable bonds is 0. The molecule has 0 fully saturated rings. The van der Waals surface area contributed by atoms with E-state index in [1.807, 2.05) is 0 Å². The van der Waals surface area contributed by atoms with Crippen LogP contribution in [0.1, 0.15) is 85.7 Å². The average molecular weight is 276 g/mol. The van der Waals surface area contributed by atoms with E-state index in [4.69, 9.17) is 0 Å². The maximum absolute atomic E-state index is 3.54. The summed E-state index contributed by atoms with van der Waals surface area (Å²) in [6, 6.07) is 3.19. The number of nitrogens with zero attached hydrogens (tertiary/aromatic N) is 1. The summed E-state index contributed by atoms with van der Waals surface area (Å²) < 4.78 is 0. The van der Waals surface area contributed by atoms with Gasteiger partial charge in [0.25, 0.3) is 0 Å². The number of H-pyrrole nitrogens is 1. The van der Waals surface area contributed by atoms with Crippen LogP contribution in [0.5, 0.6) is 0 Å². The molecule has 1 aromatic heterocycles. The maximum atomic E-state index is 3.54. The highest BCUT2D eigenvalue weighted by molar-refractivity contribution is 5.36. The lowest BCUT2D eigenvalue weighted by atomic mass is 9.80. The van der Waals surface area contributed by atoms with E-state index in [0.29, 0.717) is 12.1 Å². The molecule has 0 saturated heterocycles. The zero-order valence-electron chi connectivity index (χ0n) is 14.8. The Hall–Kier alpha value is -0.760. The standard InChI is InChI=1S/C18H32N2/c1-16(2,3)14-12-10-11-19-13(12)15(17(4,5)6)20(14)18(7,8)9/h10-11,14-15,19H,1-9H3. The average Bonchev–Trinajstić information content (AvgIpc) is 2.67. The first-order valence-corrected chi connectivity index (χ1v) is 7.81. The van der Waals surface area contributed by atoms with Crippen molar-refractivity contribution in [3.8, 4) is 0 Å². The minimum absolute atomic E-state index is 0.149. The minimum atomic E-state index is 0.149. The normalized spacial score (nSPS) is 25.1. The van der Waals surface area contributed by atoms with E-state index < -0.39 is 0 Å². The molecular weight excluding hydrogens is 244 g/mol. The van der Waals surface area contributed by atoms with Crippen LogP contribution >= 0.6 is 0 Å². The summed E-state index contributed by atoms with van der Waals surface area (Å²) >= 11 is 0. The summed E-state index contributed by atoms with van der Waals surface area (Å²) in [6.07, 6.45) is 2.11. The molecule has 1 aromatic rings. The number of nitrogens with one attached hydrogen (secondary N) is 1. The van der Waals surface area contributed by atoms with Crippen molar-refractivity contribution in [3.63, 3.8) is 0 Å². The number of hydrogen-bond donors (Lipinski definition) is 1. The molecule has 2 atom stereocenters. The second kappa shape index (κ2) is 4.37. The van der Waals surface area contributed by atoms with Crippen LogP contribution in [0.15, 0.2) is 12.3 Å². The fourth-order valence-electron chi connectivity index (χ4n) is 3.82. The van der Waals surface area contributed by atoms with Gasteiger partial charge in [0.05, 0.1) is 6.04 Å². The molecule has 0 radical (unpaired) electrons. The highest BCUT2D eigenvalue weighted by Gasteiger charge is 2.52. The van der Waals surface area contributed by atoms with Crippen molar-refractivity contribution in [3.05, 3.63) is 23.5 Å². The Morgan fingerprint density at radius 2 is 1.35 bits per heavy atom. The van der Waals surface area contributed by atoms with Gasteiger partial charge in [0.2, 0.25) is 0 Å². The lowest BCUT2D eigenvalue weighted by molar-refractivity contribution is -0.0376. The summed E-state index contributed by atoms with van der Waals surface area (Å²) in [5.74, 6) is 0. The van der Waals surface area contributed by atoms with Gasteiger partial charge in [-0.15, -0.1) is 0 Å². The molecule has 0 aliphatic carbocycles. The highest BCUT2D eigenvalue weighted by atomic mass is 15.3. The lowest BCUT2D eigenvalue weighted by Gasteiger charge is -2.49. The van der Waals surface area contributed by atoms with Crippen LogP contribution in [0.25, 0.3) is 0 Å². The smallest absolute Gasteiger partial charge is 0.0561 e. The van der Waals surface area contributed by atoms with E-state index in [9.17, 15) is 0 Å². The number of hydrogen-bond acceptors (Lipinski definition) is 1. The molecule has 2 heteroatoms. The predicted molar refractivity (Wildman–Crippen MR) is 86.8 cm³/mol. The topological polar surface area (TPSA) is 19.0 Å². The fraction of sp³-hybridized carbons (Fsp3) is 0.778. The fourth-order valence-corrected chi connectivity index (χ4v) is 3.82. The summed E-state index contributed by atoms with van der Waals surface area (Å²) in [5.41, 5.74) is 3.51. The van der Waals surface area contributed by atoms with Gasteiger partial charge < -0.3 is 4.98 Å². The van der Waals surface area contributed by atoms with Crippen molar-refractivity contribution < 1.29 is 0 Å². The van der Waals surface area contributed by atoms with Crippen LogP contribution in [0.2, 0.25) is 0 Å². The van der Waals surface area contributed by atoms with E-state index >= 15 is 0 Å². The van der Waals surface area contributed by atoms with Gasteiger partial charge in [0.1, 0.15) is 0 Å². The van der Waals surface area contributed by atoms with Crippen molar-refractivity contribution >= 4 is 0 Å². The Balaban J connectivity index is 2.64. The van der Waals surface area contributed by atoms with Gasteiger partial charge in [-0.1, -0.05) is 41.5 Å². The Bertz CT molecular complexity index is 440. The first-order chi connectivity index (χ1) is 8.85. The summed E-state index contributed by atoms with van der Waals surface area (Å²) in [6.45, 7) is 21.2. The Kier molecular flexibility index (Phi) is 3.41. The molecule has 1 aliphatic heterocycles. The quantitative estimate of drug-likeness (QED) is 0.681. The van der Waals surface area contributed by atoms with Crippen LogP contribution in [0, 0.1) is 10.8 Å². The number of fused-ring (bicyclic) bond motifs is 1. The summed E-state index contributed by atoms with van der Waals surface area (Å²) in [5, 5.41) is 0. The van der Waals surface area contributed by atoms with Crippen molar-refractivity contribution in [1.29, 1.82) is 0 Å². The van der Waals surface area contributed by atoms with Crippen LogP contribution in [-0.4, -0.2) is 15.4 Å². The third-order valence-electron chi connectivity index (χ3n) is 4.35. The SMILES string of the molecule is CC(C)(C)C1c2cc[nH]c2C(C(C)(C)C)N1C(C)(C)C. The Morgan fingerprint density at radius 1 is 0.850 bits per heavy atom. The zero-order valence-corrected chi connectivity index (χ0v) is 14.8. The van der Waals surface area contributed by atoms with Crippen molar-refractivity contribution in [2.24, 2.45) is 10.8 Å². The minimum Gasteiger partial charge on any atom is -0.363 e. The molecule has 2 unspecified atom stereocenters. The third-order valence-corrected chi connectivity index (χ3v) is 4.35. The molecular formula is C18H32N2. The second-order valence-electron chi connectivity index (χ2n) is 9.46. The Morgan fingerprint density at radius 3 is 1.75 bits per heavy atom. The first-order valence-electron chi connectivity index (χ1n) is 7.81. The zero-order chi connectivity index (χ0) is 15.5. The van der Waals surface area contributed by atoms with Crippen molar-refractivity contribution in [1.82, 2.24) is 9.88 Å². The van der Waals surface area contributed by atoms with Gasteiger partial charge >= 0.3 is 0 Å². The largest absolute Gasteiger partial charge is 0.363 e. The summed E-state index contributed by atoms with van der Waals surface area (Å²) in [7, 11) is 0. The van der Waals surface area contributed by atoms with Gasteiger partial charge in [0, 0.05) is 23.5 Å². The van der Waals surface area contributed by atoms with E-state index in [1.165, 1.54) is 11.3 Å². The molecule has 0 spiro atoms. The highest BCUT2D eigenvalue weighted by Crippen LogP contribution is 2.57. The van der Waals surface area contributed by atoms with E-state index in [1.54, 1.807) is 0 Å². The van der Waals surface area contributed by atoms with Crippen molar-refractivity contribution in [2.45, 2.75) is 79.9 Å². The molecule has 0 bridgehead atoms. The Labute approximate surface area is 125 Å². The third kappa shape index (κ3) is 2.43. The molecule has 0 amide bonds. The molecule has 20 heavy (non-hydrogen) atoms. The van der Waals surface area contributed by atoms with Crippen LogP contribution in [0.3, 0.4) is 0 Å². The van der Waals surface area contributed by atoms with E-state index in [2.05, 4.69) is 84.5 Å². The molecule has 2 heterocycles. The second-order valence-corrected chi connectivity index (χ2v) is 9.46. The van der Waals surface area contributed by atoms with Gasteiger partial charge in [0.15, 0.2) is 0 Å². The molecule has 2 rings (SSSR count). The molecule has 1 N–H and O–H groups in total. The van der Waals surface area contributed by atoms with E-state index in [0.717, 1.165) is 0 Å². The van der Waals surface area contributed by atoms with Crippen LogP contribution in [0.4, 0.5) is 0 Å². The molecule has 114 valence electrons.